The van der Waals surface area contributed by atoms with Crippen molar-refractivity contribution in [1.82, 2.24) is 14.6 Å². The van der Waals surface area contributed by atoms with Crippen molar-refractivity contribution in [3.8, 4) is 16.9 Å². The Labute approximate surface area is 187 Å². The van der Waals surface area contributed by atoms with Gasteiger partial charge in [0, 0.05) is 36.4 Å². The van der Waals surface area contributed by atoms with Crippen LogP contribution in [0.5, 0.6) is 5.75 Å². The largest absolute Gasteiger partial charge is 0.494 e. The van der Waals surface area contributed by atoms with Gasteiger partial charge in [-0.3, -0.25) is 4.98 Å². The SMILES string of the molecule is COc1cnccc1-c1cccc(C2CNCCN2S(=O)(=O)c2cccc(Cl)c2C)c1. The zero-order valence-corrected chi connectivity index (χ0v) is 18.9. The van der Waals surface area contributed by atoms with Gasteiger partial charge in [-0.05, 0) is 47.9 Å². The van der Waals surface area contributed by atoms with E-state index in [2.05, 4.69) is 10.3 Å². The molecule has 0 amide bonds. The summed E-state index contributed by atoms with van der Waals surface area (Å²) in [6.07, 6.45) is 3.38. The molecule has 0 saturated carbocycles. The zero-order chi connectivity index (χ0) is 22.0. The fraction of sp³-hybridized carbons (Fsp3) is 0.261. The first-order valence-corrected chi connectivity index (χ1v) is 11.8. The van der Waals surface area contributed by atoms with Crippen molar-refractivity contribution in [1.29, 1.82) is 0 Å². The van der Waals surface area contributed by atoms with Crippen LogP contribution in [0.25, 0.3) is 11.1 Å². The van der Waals surface area contributed by atoms with Gasteiger partial charge in [0.25, 0.3) is 0 Å². The van der Waals surface area contributed by atoms with Gasteiger partial charge in [-0.2, -0.15) is 4.31 Å². The maximum atomic E-state index is 13.6. The lowest BCUT2D eigenvalue weighted by Gasteiger charge is -2.36. The number of methoxy groups -OCH3 is 1. The quantitative estimate of drug-likeness (QED) is 0.625. The third-order valence-electron chi connectivity index (χ3n) is 5.59. The highest BCUT2D eigenvalue weighted by molar-refractivity contribution is 7.89. The Morgan fingerprint density at radius 3 is 2.81 bits per heavy atom. The second kappa shape index (κ2) is 8.96. The fourth-order valence-corrected chi connectivity index (χ4v) is 6.04. The number of nitrogens with one attached hydrogen (secondary N) is 1. The van der Waals surface area contributed by atoms with Crippen LogP contribution in [0.3, 0.4) is 0 Å². The van der Waals surface area contributed by atoms with Crippen LogP contribution >= 0.6 is 11.6 Å². The monoisotopic (exact) mass is 457 g/mol. The fourth-order valence-electron chi connectivity index (χ4n) is 3.95. The van der Waals surface area contributed by atoms with Crippen LogP contribution in [-0.4, -0.2) is 44.5 Å². The number of pyridine rings is 1. The summed E-state index contributed by atoms with van der Waals surface area (Å²) in [6, 6.07) is 14.4. The van der Waals surface area contributed by atoms with E-state index < -0.39 is 10.0 Å². The van der Waals surface area contributed by atoms with Crippen LogP contribution in [0, 0.1) is 6.92 Å². The molecular formula is C23H24ClN3O3S. The van der Waals surface area contributed by atoms with E-state index in [1.165, 1.54) is 0 Å². The minimum atomic E-state index is -3.73. The predicted molar refractivity (Wildman–Crippen MR) is 122 cm³/mol. The van der Waals surface area contributed by atoms with E-state index in [1.807, 2.05) is 30.3 Å². The smallest absolute Gasteiger partial charge is 0.244 e. The molecule has 1 N–H and O–H groups in total. The molecule has 6 nitrogen and oxygen atoms in total. The topological polar surface area (TPSA) is 71.5 Å². The normalized spacial score (nSPS) is 17.5. The van der Waals surface area contributed by atoms with Gasteiger partial charge in [0.15, 0.2) is 0 Å². The number of hydrogen-bond donors (Lipinski definition) is 1. The molecule has 1 aliphatic rings. The van der Waals surface area contributed by atoms with Crippen LogP contribution in [0.4, 0.5) is 0 Å². The summed E-state index contributed by atoms with van der Waals surface area (Å²) >= 11 is 6.22. The maximum Gasteiger partial charge on any atom is 0.244 e. The van der Waals surface area contributed by atoms with E-state index in [4.69, 9.17) is 16.3 Å². The van der Waals surface area contributed by atoms with E-state index in [1.54, 1.807) is 48.9 Å². The van der Waals surface area contributed by atoms with Gasteiger partial charge in [-0.25, -0.2) is 8.42 Å². The first-order valence-electron chi connectivity index (χ1n) is 9.99. The highest BCUT2D eigenvalue weighted by Crippen LogP contribution is 2.35. The summed E-state index contributed by atoms with van der Waals surface area (Å²) in [4.78, 5) is 4.36. The second-order valence-electron chi connectivity index (χ2n) is 7.40. The van der Waals surface area contributed by atoms with Crippen LogP contribution in [0.2, 0.25) is 5.02 Å². The lowest BCUT2D eigenvalue weighted by Crippen LogP contribution is -2.48. The van der Waals surface area contributed by atoms with Crippen molar-refractivity contribution in [3.05, 3.63) is 77.1 Å². The van der Waals surface area contributed by atoms with Gasteiger partial charge < -0.3 is 10.1 Å². The van der Waals surface area contributed by atoms with Crippen LogP contribution < -0.4 is 10.1 Å². The van der Waals surface area contributed by atoms with Crippen LogP contribution in [-0.2, 0) is 10.0 Å². The average Bonchev–Trinajstić information content (AvgIpc) is 2.80. The number of aromatic nitrogens is 1. The summed E-state index contributed by atoms with van der Waals surface area (Å²) in [6.45, 7) is 3.23. The molecule has 1 fully saturated rings. The third-order valence-corrected chi connectivity index (χ3v) is 8.05. The molecular weight excluding hydrogens is 434 g/mol. The van der Waals surface area contributed by atoms with E-state index in [0.717, 1.165) is 16.7 Å². The molecule has 1 saturated heterocycles. The molecule has 2 aromatic carbocycles. The highest BCUT2D eigenvalue weighted by Gasteiger charge is 2.35. The van der Waals surface area contributed by atoms with Crippen molar-refractivity contribution in [2.24, 2.45) is 0 Å². The molecule has 3 aromatic rings. The molecule has 1 atom stereocenters. The molecule has 4 rings (SSSR count). The average molecular weight is 458 g/mol. The number of ether oxygens (including phenoxy) is 1. The maximum absolute atomic E-state index is 13.6. The first kappa shape index (κ1) is 21.8. The highest BCUT2D eigenvalue weighted by atomic mass is 35.5. The summed E-state index contributed by atoms with van der Waals surface area (Å²) in [5, 5.41) is 3.77. The van der Waals surface area contributed by atoms with E-state index in [9.17, 15) is 8.42 Å². The van der Waals surface area contributed by atoms with Crippen molar-refractivity contribution in [2.45, 2.75) is 17.9 Å². The van der Waals surface area contributed by atoms with Gasteiger partial charge >= 0.3 is 0 Å². The number of hydrogen-bond acceptors (Lipinski definition) is 5. The summed E-state index contributed by atoms with van der Waals surface area (Å²) in [5.41, 5.74) is 3.32. The number of nitrogens with zero attached hydrogens (tertiary/aromatic N) is 2. The Balaban J connectivity index is 1.76. The first-order chi connectivity index (χ1) is 14.9. The Morgan fingerprint density at radius 1 is 1.19 bits per heavy atom. The van der Waals surface area contributed by atoms with Crippen LogP contribution in [0.15, 0.2) is 65.8 Å². The number of piperazine rings is 1. The summed E-state index contributed by atoms with van der Waals surface area (Å²) in [7, 11) is -2.12. The molecule has 2 heterocycles. The van der Waals surface area contributed by atoms with Crippen molar-refractivity contribution >= 4 is 21.6 Å². The van der Waals surface area contributed by atoms with Gasteiger partial charge in [0.2, 0.25) is 10.0 Å². The molecule has 0 bridgehead atoms. The second-order valence-corrected chi connectivity index (χ2v) is 9.67. The molecule has 1 aromatic heterocycles. The van der Waals surface area contributed by atoms with E-state index in [0.29, 0.717) is 36.0 Å². The zero-order valence-electron chi connectivity index (χ0n) is 17.4. The standard InChI is InChI=1S/C23H24ClN3O3S/c1-16-20(24)7-4-8-23(16)31(28,29)27-12-11-26-14-21(27)18-6-3-5-17(13-18)19-9-10-25-15-22(19)30-2/h3-10,13,15,21,26H,11-12,14H2,1-2H3. The van der Waals surface area contributed by atoms with Crippen molar-refractivity contribution in [2.75, 3.05) is 26.7 Å². The van der Waals surface area contributed by atoms with Gasteiger partial charge in [-0.1, -0.05) is 35.9 Å². The molecule has 1 unspecified atom stereocenters. The molecule has 162 valence electrons. The Hall–Kier alpha value is -2.45. The minimum absolute atomic E-state index is 0.249. The van der Waals surface area contributed by atoms with Crippen molar-refractivity contribution in [3.63, 3.8) is 0 Å². The lowest BCUT2D eigenvalue weighted by atomic mass is 9.99. The number of sulfonamides is 1. The lowest BCUT2D eigenvalue weighted by molar-refractivity contribution is 0.271. The number of halogens is 1. The van der Waals surface area contributed by atoms with Gasteiger partial charge in [0.05, 0.1) is 24.2 Å². The van der Waals surface area contributed by atoms with Gasteiger partial charge in [0.1, 0.15) is 5.75 Å². The van der Waals surface area contributed by atoms with Crippen LogP contribution in [0.1, 0.15) is 17.2 Å². The Morgan fingerprint density at radius 2 is 2.00 bits per heavy atom. The van der Waals surface area contributed by atoms with Gasteiger partial charge in [-0.15, -0.1) is 0 Å². The predicted octanol–water partition coefficient (Wildman–Crippen LogP) is 4.05. The number of rotatable bonds is 5. The molecule has 0 radical (unpaired) electrons. The third kappa shape index (κ3) is 4.19. The minimum Gasteiger partial charge on any atom is -0.494 e. The van der Waals surface area contributed by atoms with E-state index in [-0.39, 0.29) is 10.9 Å². The van der Waals surface area contributed by atoms with Crippen molar-refractivity contribution < 1.29 is 13.2 Å². The number of benzene rings is 2. The molecule has 0 spiro atoms. The Kier molecular flexibility index (Phi) is 6.29. The van der Waals surface area contributed by atoms with E-state index >= 15 is 0 Å². The molecule has 1 aliphatic heterocycles. The summed E-state index contributed by atoms with van der Waals surface area (Å²) in [5.74, 6) is 0.667. The summed E-state index contributed by atoms with van der Waals surface area (Å²) < 4.78 is 34.2. The molecule has 0 aliphatic carbocycles. The Bertz CT molecular complexity index is 1200. The molecule has 8 heteroatoms. The molecule has 31 heavy (non-hydrogen) atoms.